The van der Waals surface area contributed by atoms with Gasteiger partial charge in [-0.1, -0.05) is 0 Å². The van der Waals surface area contributed by atoms with Crippen LogP contribution in [0.3, 0.4) is 0 Å². The highest BCUT2D eigenvalue weighted by molar-refractivity contribution is 5.99. The second-order valence-corrected chi connectivity index (χ2v) is 6.09. The van der Waals surface area contributed by atoms with Crippen molar-refractivity contribution in [1.29, 1.82) is 0 Å². The molecule has 1 saturated heterocycles. The number of ether oxygens (including phenoxy) is 1. The Balaban J connectivity index is 1.88. The first-order valence-electron chi connectivity index (χ1n) is 8.17. The summed E-state index contributed by atoms with van der Waals surface area (Å²) >= 11 is 0. The molecule has 8 heteroatoms. The Hall–Kier alpha value is -2.74. The van der Waals surface area contributed by atoms with E-state index in [0.29, 0.717) is 29.2 Å². The molecule has 1 aliphatic heterocycles. The van der Waals surface area contributed by atoms with E-state index in [1.165, 1.54) is 28.9 Å². The Morgan fingerprint density at radius 1 is 1.44 bits per heavy atom. The number of nitro groups is 1. The second kappa shape index (κ2) is 7.02. The van der Waals surface area contributed by atoms with Crippen LogP contribution in [-0.4, -0.2) is 39.7 Å². The molecule has 0 radical (unpaired) electrons. The number of nitrogens with zero attached hydrogens (tertiary/aromatic N) is 3. The maximum atomic E-state index is 12.7. The molecule has 0 saturated carbocycles. The zero-order chi connectivity index (χ0) is 18.0. The van der Waals surface area contributed by atoms with Crippen molar-refractivity contribution in [2.24, 2.45) is 4.99 Å². The number of aliphatic imine (C=N–C) groups is 1. The number of hydrogen-bond donors (Lipinski definition) is 1. The first-order valence-corrected chi connectivity index (χ1v) is 8.17. The van der Waals surface area contributed by atoms with Crippen molar-refractivity contribution in [2.45, 2.75) is 32.8 Å². The van der Waals surface area contributed by atoms with Crippen molar-refractivity contribution < 1.29 is 9.66 Å². The zero-order valence-electron chi connectivity index (χ0n) is 14.2. The van der Waals surface area contributed by atoms with Crippen LogP contribution in [0.4, 0.5) is 5.69 Å². The van der Waals surface area contributed by atoms with Gasteiger partial charge in [-0.3, -0.25) is 25.0 Å². The van der Waals surface area contributed by atoms with E-state index in [-0.39, 0.29) is 17.4 Å². The summed E-state index contributed by atoms with van der Waals surface area (Å²) in [5.41, 5.74) is 2.19. The minimum absolute atomic E-state index is 0.0189. The van der Waals surface area contributed by atoms with Crippen molar-refractivity contribution in [3.8, 4) is 5.69 Å². The first kappa shape index (κ1) is 17.1. The quantitative estimate of drug-likeness (QED) is 0.511. The molecule has 1 aliphatic rings. The van der Waals surface area contributed by atoms with Gasteiger partial charge in [0.2, 0.25) is 0 Å². The summed E-state index contributed by atoms with van der Waals surface area (Å²) < 4.78 is 6.93. The number of rotatable bonds is 5. The normalized spacial score (nSPS) is 17.8. The third-order valence-electron chi connectivity index (χ3n) is 4.31. The summed E-state index contributed by atoms with van der Waals surface area (Å²) in [6.07, 6.45) is 2.18. The average Bonchev–Trinajstić information content (AvgIpc) is 3.21. The van der Waals surface area contributed by atoms with Crippen LogP contribution < -0.4 is 5.56 Å². The molecule has 3 rings (SSSR count). The number of nitro benzene ring substituents is 1. The number of non-ortho nitro benzene ring substituents is 1. The maximum absolute atomic E-state index is 12.7. The van der Waals surface area contributed by atoms with E-state index < -0.39 is 4.92 Å². The molecule has 2 heterocycles. The van der Waals surface area contributed by atoms with Crippen LogP contribution in [0.2, 0.25) is 0 Å². The molecule has 1 aromatic heterocycles. The fourth-order valence-corrected chi connectivity index (χ4v) is 2.98. The summed E-state index contributed by atoms with van der Waals surface area (Å²) in [5.74, 6) is 0. The van der Waals surface area contributed by atoms with E-state index in [2.05, 4.69) is 10.1 Å². The molecule has 0 unspecified atom stereocenters. The Kier molecular flexibility index (Phi) is 4.80. The van der Waals surface area contributed by atoms with Crippen LogP contribution in [-0.2, 0) is 4.74 Å². The van der Waals surface area contributed by atoms with Crippen molar-refractivity contribution in [3.05, 3.63) is 56.0 Å². The molecule has 0 spiro atoms. The van der Waals surface area contributed by atoms with E-state index >= 15 is 0 Å². The van der Waals surface area contributed by atoms with E-state index in [4.69, 9.17) is 4.74 Å². The molecule has 2 aromatic rings. The lowest BCUT2D eigenvalue weighted by atomic mass is 10.1. The Bertz CT molecular complexity index is 858. The third kappa shape index (κ3) is 3.53. The molecule has 0 bridgehead atoms. The van der Waals surface area contributed by atoms with Crippen LogP contribution in [0.15, 0.2) is 34.1 Å². The Morgan fingerprint density at radius 3 is 2.76 bits per heavy atom. The fourth-order valence-electron chi connectivity index (χ4n) is 2.98. The van der Waals surface area contributed by atoms with E-state index in [1.807, 2.05) is 13.8 Å². The van der Waals surface area contributed by atoms with E-state index in [0.717, 1.165) is 19.4 Å². The molecule has 1 fully saturated rings. The molecule has 1 N–H and O–H groups in total. The van der Waals surface area contributed by atoms with Gasteiger partial charge in [0.05, 0.1) is 28.8 Å². The Labute approximate surface area is 144 Å². The number of H-pyrrole nitrogens is 1. The lowest BCUT2D eigenvalue weighted by molar-refractivity contribution is -0.384. The lowest BCUT2D eigenvalue weighted by Gasteiger charge is -2.05. The number of aryl methyl sites for hydroxylation is 1. The maximum Gasteiger partial charge on any atom is 0.280 e. The van der Waals surface area contributed by atoms with Gasteiger partial charge in [0, 0.05) is 30.1 Å². The summed E-state index contributed by atoms with van der Waals surface area (Å²) in [6, 6.07) is 5.82. The van der Waals surface area contributed by atoms with Gasteiger partial charge in [0.1, 0.15) is 0 Å². The highest BCUT2D eigenvalue weighted by Gasteiger charge is 2.18. The van der Waals surface area contributed by atoms with Gasteiger partial charge in [-0.05, 0) is 38.8 Å². The summed E-state index contributed by atoms with van der Waals surface area (Å²) in [4.78, 5) is 27.5. The van der Waals surface area contributed by atoms with Crippen LogP contribution in [0, 0.1) is 17.0 Å². The van der Waals surface area contributed by atoms with Crippen LogP contribution in [0.5, 0.6) is 0 Å². The number of hydrogen-bond acceptors (Lipinski definition) is 5. The molecule has 8 nitrogen and oxygen atoms in total. The van der Waals surface area contributed by atoms with Gasteiger partial charge in [0.15, 0.2) is 0 Å². The molecule has 132 valence electrons. The molecular weight excluding hydrogens is 324 g/mol. The first-order chi connectivity index (χ1) is 12.0. The van der Waals surface area contributed by atoms with Crippen LogP contribution in [0.1, 0.15) is 31.0 Å². The van der Waals surface area contributed by atoms with Gasteiger partial charge in [0.25, 0.3) is 11.2 Å². The largest absolute Gasteiger partial charge is 0.376 e. The summed E-state index contributed by atoms with van der Waals surface area (Å²) in [7, 11) is 0. The molecule has 0 aliphatic carbocycles. The van der Waals surface area contributed by atoms with Gasteiger partial charge in [-0.2, -0.15) is 0 Å². The Morgan fingerprint density at radius 2 is 2.16 bits per heavy atom. The van der Waals surface area contributed by atoms with E-state index in [9.17, 15) is 14.9 Å². The number of aromatic amines is 1. The predicted octanol–water partition coefficient (Wildman–Crippen LogP) is 2.37. The van der Waals surface area contributed by atoms with Crippen LogP contribution in [0.25, 0.3) is 5.69 Å². The predicted molar refractivity (Wildman–Crippen MR) is 93.8 cm³/mol. The zero-order valence-corrected chi connectivity index (χ0v) is 14.2. The monoisotopic (exact) mass is 344 g/mol. The van der Waals surface area contributed by atoms with Gasteiger partial charge < -0.3 is 4.74 Å². The molecule has 1 atom stereocenters. The van der Waals surface area contributed by atoms with Crippen LogP contribution >= 0.6 is 0 Å². The van der Waals surface area contributed by atoms with Gasteiger partial charge in [-0.25, -0.2) is 4.68 Å². The second-order valence-electron chi connectivity index (χ2n) is 6.09. The third-order valence-corrected chi connectivity index (χ3v) is 4.31. The molecule has 25 heavy (non-hydrogen) atoms. The summed E-state index contributed by atoms with van der Waals surface area (Å²) in [5, 5.41) is 13.8. The van der Waals surface area contributed by atoms with Crippen molar-refractivity contribution in [1.82, 2.24) is 9.78 Å². The highest BCUT2D eigenvalue weighted by Crippen LogP contribution is 2.15. The van der Waals surface area contributed by atoms with Crippen molar-refractivity contribution in [2.75, 3.05) is 13.2 Å². The molecule has 1 aromatic carbocycles. The highest BCUT2D eigenvalue weighted by atomic mass is 16.6. The van der Waals surface area contributed by atoms with Gasteiger partial charge in [-0.15, -0.1) is 0 Å². The fraction of sp³-hybridized carbons (Fsp3) is 0.412. The summed E-state index contributed by atoms with van der Waals surface area (Å²) in [6.45, 7) is 4.94. The average molecular weight is 344 g/mol. The van der Waals surface area contributed by atoms with E-state index in [1.54, 1.807) is 0 Å². The number of benzene rings is 1. The molecule has 0 amide bonds. The minimum atomic E-state index is -0.472. The molecular formula is C17H20N4O4. The number of nitrogens with one attached hydrogen (secondary N) is 1. The standard InChI is InChI=1S/C17H20N4O4/c1-11(18-10-15-4-3-9-25-15)16-12(2)19-20(17(16)22)13-5-7-14(8-6-13)21(23)24/h5-8,15,19H,3-4,9-10H2,1-2H3/t15-/m1/s1. The topological polar surface area (TPSA) is 103 Å². The number of aromatic nitrogens is 2. The van der Waals surface area contributed by atoms with Crippen molar-refractivity contribution in [3.63, 3.8) is 0 Å². The lowest BCUT2D eigenvalue weighted by Crippen LogP contribution is -2.20. The van der Waals surface area contributed by atoms with Crippen molar-refractivity contribution >= 4 is 11.4 Å². The smallest absolute Gasteiger partial charge is 0.280 e. The minimum Gasteiger partial charge on any atom is -0.376 e. The SMILES string of the molecule is CC(=NC[C@H]1CCCO1)c1c(C)[nH]n(-c2ccc([N+](=O)[O-])cc2)c1=O. The van der Waals surface area contributed by atoms with Gasteiger partial charge >= 0.3 is 0 Å².